The van der Waals surface area contributed by atoms with Gasteiger partial charge in [-0.1, -0.05) is 28.6 Å². The maximum absolute atomic E-state index is 11.0. The van der Waals surface area contributed by atoms with Crippen LogP contribution in [0.5, 0.6) is 0 Å². The molecule has 1 aromatic carbocycles. The molecule has 0 bridgehead atoms. The molecule has 3 N–H and O–H groups in total. The van der Waals surface area contributed by atoms with E-state index >= 15 is 0 Å². The van der Waals surface area contributed by atoms with Gasteiger partial charge in [0.1, 0.15) is 40.5 Å². The Bertz CT molecular complexity index is 976. The fraction of sp³-hybridized carbons (Fsp3) is 0.353. The Kier molecular flexibility index (Phi) is 6.56. The topological polar surface area (TPSA) is 114 Å². The summed E-state index contributed by atoms with van der Waals surface area (Å²) in [6.07, 6.45) is 0.114. The molecule has 0 radical (unpaired) electrons. The largest absolute Gasteiger partial charge is 0.394 e. The van der Waals surface area contributed by atoms with Crippen molar-refractivity contribution >= 4 is 50.6 Å². The lowest BCUT2D eigenvalue weighted by atomic mass is 9.97. The molecule has 29 heavy (non-hydrogen) atoms. The Balaban J connectivity index is 1.61. The number of halogens is 2. The second-order valence-electron chi connectivity index (χ2n) is 6.31. The van der Waals surface area contributed by atoms with Crippen molar-refractivity contribution in [3.05, 3.63) is 45.5 Å². The van der Waals surface area contributed by atoms with Crippen LogP contribution in [0.25, 0.3) is 10.7 Å². The van der Waals surface area contributed by atoms with Gasteiger partial charge in [-0.15, -0.1) is 16.4 Å². The lowest BCUT2D eigenvalue weighted by molar-refractivity contribution is -0.178. The van der Waals surface area contributed by atoms with Gasteiger partial charge >= 0.3 is 0 Å². The van der Waals surface area contributed by atoms with Gasteiger partial charge in [-0.25, -0.2) is 9.67 Å². The number of ether oxygens (including phenoxy) is 1. The van der Waals surface area contributed by atoms with E-state index < -0.39 is 36.4 Å². The van der Waals surface area contributed by atoms with E-state index in [1.165, 1.54) is 27.8 Å². The molecule has 1 aliphatic heterocycles. The molecule has 1 fully saturated rings. The summed E-state index contributed by atoms with van der Waals surface area (Å²) < 4.78 is 7.88. The summed E-state index contributed by atoms with van der Waals surface area (Å²) in [5, 5.41) is 42.6. The summed E-state index contributed by atoms with van der Waals surface area (Å²) in [5.41, 5.74) is -0.210. The molecular formula is C17H16BrClN4O4S2. The standard InChI is InChI=1S/C17H16BrClN4O4S2/c18-9-5-8(1-2-10(9)19)29-17-15(26)13(14(25)12(7-24)27-17)23-6-11(21-22-23)16-20-3-4-28-16/h1-6,12-15,17,24-26H,7H2. The van der Waals surface area contributed by atoms with Crippen LogP contribution in [-0.4, -0.2) is 65.7 Å². The molecule has 12 heteroatoms. The number of hydrogen-bond acceptors (Lipinski definition) is 9. The Hall–Kier alpha value is -1.05. The molecule has 3 aromatic rings. The van der Waals surface area contributed by atoms with Crippen molar-refractivity contribution in [2.24, 2.45) is 0 Å². The van der Waals surface area contributed by atoms with Gasteiger partial charge in [0, 0.05) is 20.9 Å². The molecule has 8 nitrogen and oxygen atoms in total. The lowest BCUT2D eigenvalue weighted by Gasteiger charge is -2.41. The van der Waals surface area contributed by atoms with E-state index in [-0.39, 0.29) is 0 Å². The highest BCUT2D eigenvalue weighted by molar-refractivity contribution is 9.10. The fourth-order valence-electron chi connectivity index (χ4n) is 3.03. The quantitative estimate of drug-likeness (QED) is 0.471. The third-order valence-corrected chi connectivity index (χ3v) is 7.62. The highest BCUT2D eigenvalue weighted by atomic mass is 79.9. The van der Waals surface area contributed by atoms with Gasteiger partial charge in [-0.05, 0) is 34.1 Å². The fourth-order valence-corrected chi connectivity index (χ4v) is 5.37. The number of hydrogen-bond donors (Lipinski definition) is 3. The third-order valence-electron chi connectivity index (χ3n) is 4.46. The number of rotatable bonds is 5. The van der Waals surface area contributed by atoms with Crippen molar-refractivity contribution < 1.29 is 20.1 Å². The molecule has 0 saturated carbocycles. The summed E-state index contributed by atoms with van der Waals surface area (Å²) in [6, 6.07) is 4.50. The van der Waals surface area contributed by atoms with E-state index in [1.54, 1.807) is 24.5 Å². The van der Waals surface area contributed by atoms with Gasteiger partial charge in [0.25, 0.3) is 0 Å². The molecule has 0 aliphatic carbocycles. The number of thiazole rings is 1. The van der Waals surface area contributed by atoms with Crippen LogP contribution >= 0.6 is 50.6 Å². The molecular weight excluding hydrogens is 504 g/mol. The Morgan fingerprint density at radius 3 is 2.83 bits per heavy atom. The number of aliphatic hydroxyl groups excluding tert-OH is 3. The molecule has 0 spiro atoms. The van der Waals surface area contributed by atoms with Crippen molar-refractivity contribution in [3.63, 3.8) is 0 Å². The monoisotopic (exact) mass is 518 g/mol. The normalized spacial score (nSPS) is 27.3. The van der Waals surface area contributed by atoms with Crippen LogP contribution in [0.1, 0.15) is 6.04 Å². The average Bonchev–Trinajstić information content (AvgIpc) is 3.39. The summed E-state index contributed by atoms with van der Waals surface area (Å²) in [4.78, 5) is 5.00. The van der Waals surface area contributed by atoms with Gasteiger partial charge in [-0.2, -0.15) is 0 Å². The smallest absolute Gasteiger partial charge is 0.145 e. The highest BCUT2D eigenvalue weighted by Gasteiger charge is 2.46. The van der Waals surface area contributed by atoms with Crippen LogP contribution in [0.15, 0.2) is 45.3 Å². The average molecular weight is 520 g/mol. The summed E-state index contributed by atoms with van der Waals surface area (Å²) >= 11 is 12.1. The van der Waals surface area contributed by atoms with E-state index in [1.807, 2.05) is 11.4 Å². The summed E-state index contributed by atoms with van der Waals surface area (Å²) in [7, 11) is 0. The molecule has 1 aliphatic rings. The maximum Gasteiger partial charge on any atom is 0.145 e. The van der Waals surface area contributed by atoms with Gasteiger partial charge in [0.15, 0.2) is 0 Å². The predicted octanol–water partition coefficient (Wildman–Crippen LogP) is 2.59. The van der Waals surface area contributed by atoms with Crippen LogP contribution < -0.4 is 0 Å². The Labute approximate surface area is 187 Å². The molecule has 5 unspecified atom stereocenters. The molecule has 5 atom stereocenters. The van der Waals surface area contributed by atoms with E-state index in [2.05, 4.69) is 31.2 Å². The van der Waals surface area contributed by atoms with E-state index in [9.17, 15) is 15.3 Å². The zero-order chi connectivity index (χ0) is 20.5. The van der Waals surface area contributed by atoms with Crippen LogP contribution in [0.3, 0.4) is 0 Å². The van der Waals surface area contributed by atoms with E-state index in [4.69, 9.17) is 16.3 Å². The van der Waals surface area contributed by atoms with Crippen LogP contribution in [0.4, 0.5) is 0 Å². The van der Waals surface area contributed by atoms with Gasteiger partial charge < -0.3 is 20.1 Å². The first-order valence-electron chi connectivity index (χ1n) is 8.54. The van der Waals surface area contributed by atoms with Crippen LogP contribution in [0.2, 0.25) is 5.02 Å². The molecule has 3 heterocycles. The van der Waals surface area contributed by atoms with E-state index in [0.29, 0.717) is 20.2 Å². The van der Waals surface area contributed by atoms with Gasteiger partial charge in [0.2, 0.25) is 0 Å². The molecule has 4 rings (SSSR count). The molecule has 2 aromatic heterocycles. The van der Waals surface area contributed by atoms with Crippen LogP contribution in [0, 0.1) is 0 Å². The minimum Gasteiger partial charge on any atom is -0.394 e. The van der Waals surface area contributed by atoms with Crippen molar-refractivity contribution in [3.8, 4) is 10.7 Å². The first kappa shape index (κ1) is 21.2. The van der Waals surface area contributed by atoms with Gasteiger partial charge in [0.05, 0.1) is 17.8 Å². The number of nitrogens with zero attached hydrogens (tertiary/aromatic N) is 4. The zero-order valence-corrected chi connectivity index (χ0v) is 18.6. The minimum atomic E-state index is -1.17. The second kappa shape index (κ2) is 8.98. The second-order valence-corrected chi connectivity index (χ2v) is 9.64. The number of thioether (sulfide) groups is 1. The van der Waals surface area contributed by atoms with Gasteiger partial charge in [-0.3, -0.25) is 0 Å². The first-order chi connectivity index (χ1) is 14.0. The zero-order valence-electron chi connectivity index (χ0n) is 14.7. The van der Waals surface area contributed by atoms with Crippen molar-refractivity contribution in [1.29, 1.82) is 0 Å². The Morgan fingerprint density at radius 1 is 1.31 bits per heavy atom. The van der Waals surface area contributed by atoms with Crippen molar-refractivity contribution in [2.75, 3.05) is 6.61 Å². The number of aromatic nitrogens is 4. The first-order valence-corrected chi connectivity index (χ1v) is 11.5. The Morgan fingerprint density at radius 2 is 2.14 bits per heavy atom. The minimum absolute atomic E-state index is 0.403. The molecule has 154 valence electrons. The van der Waals surface area contributed by atoms with Crippen molar-refractivity contribution in [1.82, 2.24) is 20.0 Å². The van der Waals surface area contributed by atoms with E-state index in [0.717, 1.165) is 4.90 Å². The number of aliphatic hydroxyl groups is 3. The van der Waals surface area contributed by atoms with Crippen LogP contribution in [-0.2, 0) is 4.74 Å². The maximum atomic E-state index is 11.0. The summed E-state index contributed by atoms with van der Waals surface area (Å²) in [6.45, 7) is -0.403. The summed E-state index contributed by atoms with van der Waals surface area (Å²) in [5.74, 6) is 0. The third kappa shape index (κ3) is 4.37. The molecule has 1 saturated heterocycles. The molecule has 0 amide bonds. The SMILES string of the molecule is OCC1OC(Sc2ccc(Cl)c(Br)c2)C(O)C(n2cc(-c3nccs3)nn2)C1O. The highest BCUT2D eigenvalue weighted by Crippen LogP contribution is 2.39. The lowest BCUT2D eigenvalue weighted by Crippen LogP contribution is -2.55. The predicted molar refractivity (Wildman–Crippen MR) is 113 cm³/mol. The number of benzene rings is 1. The van der Waals surface area contributed by atoms with Crippen molar-refractivity contribution in [2.45, 2.75) is 34.7 Å².